The number of thiophene rings is 1. The minimum Gasteiger partial charge on any atom is -0.224 e. The van der Waals surface area contributed by atoms with E-state index in [0.717, 1.165) is 5.56 Å². The molecule has 0 spiro atoms. The molecule has 1 aromatic carbocycles. The Hall–Kier alpha value is -0.810. The molecule has 2 aromatic rings. The molecule has 2 nitrogen and oxygen atoms in total. The fraction of sp³-hybridized carbons (Fsp3) is 0.0769. The summed E-state index contributed by atoms with van der Waals surface area (Å²) in [5.41, 5.74) is 1.41. The smallest absolute Gasteiger partial charge is 0.175 e. The van der Waals surface area contributed by atoms with Crippen LogP contribution in [0.5, 0.6) is 0 Å². The monoisotopic (exact) mass is 332 g/mol. The van der Waals surface area contributed by atoms with Crippen LogP contribution in [0.2, 0.25) is 10.0 Å². The van der Waals surface area contributed by atoms with Gasteiger partial charge in [0.1, 0.15) is 0 Å². The number of hydrogen-bond acceptors (Lipinski definition) is 3. The van der Waals surface area contributed by atoms with E-state index >= 15 is 0 Å². The third kappa shape index (κ3) is 4.35. The number of hydrogen-bond donors (Lipinski definition) is 0. The van der Waals surface area contributed by atoms with Crippen molar-refractivity contribution in [2.75, 3.05) is 0 Å². The minimum absolute atomic E-state index is 0.135. The Balaban J connectivity index is 2.17. The van der Waals surface area contributed by atoms with Crippen LogP contribution >= 0.6 is 34.5 Å². The Morgan fingerprint density at radius 1 is 1.21 bits per heavy atom. The summed E-state index contributed by atoms with van der Waals surface area (Å²) in [4.78, 5) is 0. The van der Waals surface area contributed by atoms with E-state index < -0.39 is 9.84 Å². The van der Waals surface area contributed by atoms with Crippen LogP contribution in [0.1, 0.15) is 11.1 Å². The van der Waals surface area contributed by atoms with Crippen molar-refractivity contribution in [2.45, 2.75) is 5.75 Å². The van der Waals surface area contributed by atoms with Gasteiger partial charge in [-0.25, -0.2) is 8.42 Å². The van der Waals surface area contributed by atoms with Crippen molar-refractivity contribution in [3.05, 3.63) is 61.6 Å². The van der Waals surface area contributed by atoms with Crippen LogP contribution in [-0.4, -0.2) is 8.42 Å². The van der Waals surface area contributed by atoms with E-state index in [1.54, 1.807) is 18.2 Å². The van der Waals surface area contributed by atoms with Crippen LogP contribution < -0.4 is 0 Å². The largest absolute Gasteiger partial charge is 0.224 e. The summed E-state index contributed by atoms with van der Waals surface area (Å²) in [6.45, 7) is 0. The third-order valence-electron chi connectivity index (χ3n) is 2.38. The van der Waals surface area contributed by atoms with Crippen LogP contribution in [0.25, 0.3) is 6.08 Å². The zero-order valence-electron chi connectivity index (χ0n) is 9.71. The van der Waals surface area contributed by atoms with Crippen LogP contribution in [0, 0.1) is 0 Å². The van der Waals surface area contributed by atoms with Gasteiger partial charge in [0.15, 0.2) is 9.84 Å². The molecule has 0 unspecified atom stereocenters. The molecule has 0 aliphatic carbocycles. The molecule has 0 saturated heterocycles. The van der Waals surface area contributed by atoms with Gasteiger partial charge in [0.25, 0.3) is 0 Å². The first-order valence-corrected chi connectivity index (χ1v) is 8.75. The van der Waals surface area contributed by atoms with Crippen molar-refractivity contribution >= 4 is 50.5 Å². The van der Waals surface area contributed by atoms with Gasteiger partial charge in [-0.15, -0.1) is 0 Å². The van der Waals surface area contributed by atoms with E-state index in [-0.39, 0.29) is 5.75 Å². The van der Waals surface area contributed by atoms with Gasteiger partial charge in [0.05, 0.1) is 5.75 Å². The van der Waals surface area contributed by atoms with Crippen LogP contribution in [0.4, 0.5) is 0 Å². The van der Waals surface area contributed by atoms with Gasteiger partial charge in [0, 0.05) is 15.5 Å². The summed E-state index contributed by atoms with van der Waals surface area (Å²) >= 11 is 13.3. The predicted molar refractivity (Wildman–Crippen MR) is 82.4 cm³/mol. The molecule has 0 N–H and O–H groups in total. The van der Waals surface area contributed by atoms with Crippen LogP contribution in [0.3, 0.4) is 0 Å². The molecule has 19 heavy (non-hydrogen) atoms. The molecule has 0 aliphatic rings. The Morgan fingerprint density at radius 2 is 2.00 bits per heavy atom. The summed E-state index contributed by atoms with van der Waals surface area (Å²) in [5, 5.41) is 5.82. The second kappa shape index (κ2) is 6.09. The lowest BCUT2D eigenvalue weighted by atomic mass is 10.2. The minimum atomic E-state index is -3.35. The van der Waals surface area contributed by atoms with E-state index in [2.05, 4.69) is 0 Å². The number of sulfone groups is 1. The molecule has 0 amide bonds. The lowest BCUT2D eigenvalue weighted by Gasteiger charge is -2.03. The molecular weight excluding hydrogens is 323 g/mol. The molecule has 0 atom stereocenters. The van der Waals surface area contributed by atoms with Gasteiger partial charge >= 0.3 is 0 Å². The van der Waals surface area contributed by atoms with E-state index in [1.165, 1.54) is 22.8 Å². The van der Waals surface area contributed by atoms with Crippen molar-refractivity contribution in [2.24, 2.45) is 0 Å². The first-order valence-electron chi connectivity index (χ1n) is 5.33. The molecule has 0 aliphatic heterocycles. The molecular formula is C13H10Cl2O2S2. The fourth-order valence-corrected chi connectivity index (χ4v) is 3.78. The maximum Gasteiger partial charge on any atom is 0.175 e. The van der Waals surface area contributed by atoms with Gasteiger partial charge in [-0.1, -0.05) is 29.3 Å². The predicted octanol–water partition coefficient (Wildman–Crippen LogP) is 4.64. The first kappa shape index (κ1) is 14.6. The Kier molecular flexibility index (Phi) is 4.68. The highest BCUT2D eigenvalue weighted by molar-refractivity contribution is 7.93. The normalized spacial score (nSPS) is 12.1. The number of halogens is 2. The number of benzene rings is 1. The fourth-order valence-electron chi connectivity index (χ4n) is 1.46. The second-order valence-corrected chi connectivity index (χ2v) is 7.41. The molecule has 2 rings (SSSR count). The summed E-state index contributed by atoms with van der Waals surface area (Å²) in [5.74, 6) is -0.135. The number of rotatable bonds is 4. The molecule has 0 saturated carbocycles. The first-order chi connectivity index (χ1) is 8.96. The van der Waals surface area contributed by atoms with Crippen molar-refractivity contribution in [3.8, 4) is 0 Å². The summed E-state index contributed by atoms with van der Waals surface area (Å²) in [6.07, 6.45) is 1.58. The van der Waals surface area contributed by atoms with E-state index in [1.807, 2.05) is 16.8 Å². The maximum atomic E-state index is 12.0. The lowest BCUT2D eigenvalue weighted by Crippen LogP contribution is -2.00. The molecule has 1 aromatic heterocycles. The molecule has 0 radical (unpaired) electrons. The highest BCUT2D eigenvalue weighted by Gasteiger charge is 2.11. The quantitative estimate of drug-likeness (QED) is 0.817. The maximum absolute atomic E-state index is 12.0. The molecule has 0 fully saturated rings. The Labute approximate surface area is 126 Å². The zero-order valence-corrected chi connectivity index (χ0v) is 12.9. The van der Waals surface area contributed by atoms with Gasteiger partial charge in [-0.2, -0.15) is 11.3 Å². The SMILES string of the molecule is O=S(=O)(/C=C/c1ccsc1)Cc1ccc(Cl)cc1Cl. The van der Waals surface area contributed by atoms with Crippen molar-refractivity contribution < 1.29 is 8.42 Å². The topological polar surface area (TPSA) is 34.1 Å². The second-order valence-electron chi connectivity index (χ2n) is 3.90. The van der Waals surface area contributed by atoms with Gasteiger partial charge < -0.3 is 0 Å². The van der Waals surface area contributed by atoms with Gasteiger partial charge in [0.2, 0.25) is 0 Å². The third-order valence-corrected chi connectivity index (χ3v) is 4.94. The molecule has 100 valence electrons. The van der Waals surface area contributed by atoms with E-state index in [4.69, 9.17) is 23.2 Å². The summed E-state index contributed by atoms with van der Waals surface area (Å²) in [7, 11) is -3.35. The van der Waals surface area contributed by atoms with Crippen LogP contribution in [-0.2, 0) is 15.6 Å². The van der Waals surface area contributed by atoms with Gasteiger partial charge in [-0.05, 0) is 46.2 Å². The van der Waals surface area contributed by atoms with Gasteiger partial charge in [-0.3, -0.25) is 0 Å². The highest BCUT2D eigenvalue weighted by Crippen LogP contribution is 2.23. The standard InChI is InChI=1S/C13H10Cl2O2S2/c14-12-2-1-11(13(15)7-12)9-19(16,17)6-4-10-3-5-18-8-10/h1-8H,9H2/b6-4+. The van der Waals surface area contributed by atoms with E-state index in [9.17, 15) is 8.42 Å². The zero-order chi connectivity index (χ0) is 13.9. The lowest BCUT2D eigenvalue weighted by molar-refractivity contribution is 0.604. The Morgan fingerprint density at radius 3 is 2.63 bits per heavy atom. The van der Waals surface area contributed by atoms with E-state index in [0.29, 0.717) is 15.6 Å². The average molecular weight is 333 g/mol. The molecule has 0 bridgehead atoms. The van der Waals surface area contributed by atoms with Crippen molar-refractivity contribution in [1.82, 2.24) is 0 Å². The average Bonchev–Trinajstić information content (AvgIpc) is 2.83. The Bertz CT molecular complexity index is 689. The van der Waals surface area contributed by atoms with Crippen molar-refractivity contribution in [3.63, 3.8) is 0 Å². The van der Waals surface area contributed by atoms with Crippen molar-refractivity contribution in [1.29, 1.82) is 0 Å². The molecule has 1 heterocycles. The summed E-state index contributed by atoms with van der Waals surface area (Å²) < 4.78 is 23.9. The van der Waals surface area contributed by atoms with Crippen LogP contribution in [0.15, 0.2) is 40.4 Å². The highest BCUT2D eigenvalue weighted by atomic mass is 35.5. The molecule has 6 heteroatoms. The summed E-state index contributed by atoms with van der Waals surface area (Å²) in [6, 6.07) is 6.64.